The van der Waals surface area contributed by atoms with Crippen LogP contribution in [-0.4, -0.2) is 15.7 Å². The van der Waals surface area contributed by atoms with Crippen molar-refractivity contribution in [3.63, 3.8) is 0 Å². The Morgan fingerprint density at radius 3 is 2.23 bits per heavy atom. The standard InChI is InChI=1S/C24H20FN3O2/c25-21-13-7-8-14-22(21)26-23(29)20-16-28(15-18-9-3-1-4-10-18)27-24(20)30-17-19-11-5-2-6-12-19/h1-14,16H,15,17H2,(H,26,29). The van der Waals surface area contributed by atoms with E-state index in [-0.39, 0.29) is 23.7 Å². The number of halogens is 1. The van der Waals surface area contributed by atoms with Crippen molar-refractivity contribution in [2.75, 3.05) is 5.32 Å². The minimum absolute atomic E-state index is 0.104. The maximum Gasteiger partial charge on any atom is 0.262 e. The number of amides is 1. The van der Waals surface area contributed by atoms with E-state index >= 15 is 0 Å². The van der Waals surface area contributed by atoms with Gasteiger partial charge in [-0.3, -0.25) is 9.48 Å². The van der Waals surface area contributed by atoms with Crippen molar-refractivity contribution in [2.24, 2.45) is 0 Å². The number of ether oxygens (including phenoxy) is 1. The molecule has 3 aromatic carbocycles. The second-order valence-electron chi connectivity index (χ2n) is 6.74. The monoisotopic (exact) mass is 401 g/mol. The Kier molecular flexibility index (Phi) is 5.85. The second-order valence-corrected chi connectivity index (χ2v) is 6.74. The SMILES string of the molecule is O=C(Nc1ccccc1F)c1cn(Cc2ccccc2)nc1OCc1ccccc1. The van der Waals surface area contributed by atoms with Gasteiger partial charge in [0.1, 0.15) is 18.0 Å². The van der Waals surface area contributed by atoms with E-state index in [0.717, 1.165) is 11.1 Å². The van der Waals surface area contributed by atoms with Crippen LogP contribution in [0.4, 0.5) is 10.1 Å². The number of anilines is 1. The third-order valence-corrected chi connectivity index (χ3v) is 4.50. The van der Waals surface area contributed by atoms with E-state index < -0.39 is 11.7 Å². The number of nitrogens with zero attached hydrogens (tertiary/aromatic N) is 2. The van der Waals surface area contributed by atoms with Crippen molar-refractivity contribution in [3.8, 4) is 5.88 Å². The number of carbonyl (C=O) groups excluding carboxylic acids is 1. The largest absolute Gasteiger partial charge is 0.471 e. The number of benzene rings is 3. The molecule has 0 saturated heterocycles. The van der Waals surface area contributed by atoms with Gasteiger partial charge in [-0.15, -0.1) is 5.10 Å². The van der Waals surface area contributed by atoms with Crippen LogP contribution in [0.25, 0.3) is 0 Å². The lowest BCUT2D eigenvalue weighted by molar-refractivity contribution is 0.102. The van der Waals surface area contributed by atoms with Crippen LogP contribution in [-0.2, 0) is 13.2 Å². The highest BCUT2D eigenvalue weighted by atomic mass is 19.1. The minimum atomic E-state index is -0.505. The summed E-state index contributed by atoms with van der Waals surface area (Å²) in [7, 11) is 0. The molecule has 0 spiro atoms. The minimum Gasteiger partial charge on any atom is -0.471 e. The molecule has 1 aromatic heterocycles. The lowest BCUT2D eigenvalue weighted by Crippen LogP contribution is -2.13. The zero-order valence-corrected chi connectivity index (χ0v) is 16.2. The zero-order chi connectivity index (χ0) is 20.8. The summed E-state index contributed by atoms with van der Waals surface area (Å²) in [6, 6.07) is 25.4. The van der Waals surface area contributed by atoms with Gasteiger partial charge in [-0.25, -0.2) is 4.39 Å². The summed E-state index contributed by atoms with van der Waals surface area (Å²) in [6.07, 6.45) is 1.61. The molecule has 0 aliphatic rings. The first-order valence-corrected chi connectivity index (χ1v) is 9.53. The molecule has 0 aliphatic heterocycles. The first-order valence-electron chi connectivity index (χ1n) is 9.53. The first-order chi connectivity index (χ1) is 14.7. The summed E-state index contributed by atoms with van der Waals surface area (Å²) in [4.78, 5) is 12.9. The highest BCUT2D eigenvalue weighted by Gasteiger charge is 2.19. The third kappa shape index (κ3) is 4.72. The van der Waals surface area contributed by atoms with E-state index in [1.165, 1.54) is 12.1 Å². The maximum atomic E-state index is 14.0. The molecular formula is C24H20FN3O2. The van der Waals surface area contributed by atoms with Gasteiger partial charge >= 0.3 is 0 Å². The normalized spacial score (nSPS) is 10.6. The van der Waals surface area contributed by atoms with Crippen molar-refractivity contribution in [2.45, 2.75) is 13.2 Å². The average Bonchev–Trinajstić information content (AvgIpc) is 3.18. The Hall–Kier alpha value is -3.93. The smallest absolute Gasteiger partial charge is 0.262 e. The fourth-order valence-corrected chi connectivity index (χ4v) is 3.00. The number of rotatable bonds is 7. The molecule has 4 aromatic rings. The fourth-order valence-electron chi connectivity index (χ4n) is 3.00. The lowest BCUT2D eigenvalue weighted by Gasteiger charge is -2.07. The Labute approximate surface area is 173 Å². The number of aromatic nitrogens is 2. The molecular weight excluding hydrogens is 381 g/mol. The summed E-state index contributed by atoms with van der Waals surface area (Å²) >= 11 is 0. The molecule has 0 aliphatic carbocycles. The van der Waals surface area contributed by atoms with Gasteiger partial charge in [0.2, 0.25) is 5.88 Å². The summed E-state index contributed by atoms with van der Waals surface area (Å²) in [5.74, 6) is -0.791. The number of para-hydroxylation sites is 1. The molecule has 0 bridgehead atoms. The Balaban J connectivity index is 1.58. The van der Waals surface area contributed by atoms with Gasteiger partial charge in [-0.1, -0.05) is 72.8 Å². The Morgan fingerprint density at radius 2 is 1.53 bits per heavy atom. The second kappa shape index (κ2) is 9.05. The van der Waals surface area contributed by atoms with Crippen LogP contribution in [0.3, 0.4) is 0 Å². The summed E-state index contributed by atoms with van der Waals surface area (Å²) in [6.45, 7) is 0.749. The van der Waals surface area contributed by atoms with Crippen molar-refractivity contribution < 1.29 is 13.9 Å². The molecule has 1 amide bonds. The van der Waals surface area contributed by atoms with Crippen molar-refractivity contribution >= 4 is 11.6 Å². The van der Waals surface area contributed by atoms with Crippen molar-refractivity contribution in [1.82, 2.24) is 9.78 Å². The van der Waals surface area contributed by atoms with Gasteiger partial charge in [0.15, 0.2) is 0 Å². The predicted molar refractivity (Wildman–Crippen MR) is 113 cm³/mol. The topological polar surface area (TPSA) is 56.2 Å². The molecule has 0 unspecified atom stereocenters. The van der Waals surface area contributed by atoms with E-state index in [9.17, 15) is 9.18 Å². The predicted octanol–water partition coefficient (Wildman–Crippen LogP) is 4.90. The Morgan fingerprint density at radius 1 is 0.900 bits per heavy atom. The molecule has 4 rings (SSSR count). The van der Waals surface area contributed by atoms with E-state index in [1.807, 2.05) is 60.7 Å². The molecule has 150 valence electrons. The molecule has 0 radical (unpaired) electrons. The molecule has 30 heavy (non-hydrogen) atoms. The fraction of sp³-hybridized carbons (Fsp3) is 0.0833. The molecule has 0 atom stereocenters. The summed E-state index contributed by atoms with van der Waals surface area (Å²) in [5, 5.41) is 7.04. The van der Waals surface area contributed by atoms with E-state index in [0.29, 0.717) is 6.54 Å². The molecule has 0 fully saturated rings. The summed E-state index contributed by atoms with van der Waals surface area (Å²) < 4.78 is 21.5. The Bertz CT molecular complexity index is 1130. The van der Waals surface area contributed by atoms with Gasteiger partial charge < -0.3 is 10.1 Å². The van der Waals surface area contributed by atoms with Crippen LogP contribution in [0.5, 0.6) is 5.88 Å². The number of hydrogen-bond donors (Lipinski definition) is 1. The van der Waals surface area contributed by atoms with E-state index in [1.54, 1.807) is 23.0 Å². The molecule has 0 saturated carbocycles. The highest BCUT2D eigenvalue weighted by molar-refractivity contribution is 6.05. The first kappa shape index (κ1) is 19.4. The maximum absolute atomic E-state index is 14.0. The van der Waals surface area contributed by atoms with Crippen LogP contribution in [0.15, 0.2) is 91.1 Å². The van der Waals surface area contributed by atoms with Crippen LogP contribution in [0, 0.1) is 5.82 Å². The van der Waals surface area contributed by atoms with Gasteiger partial charge in [-0.2, -0.15) is 0 Å². The molecule has 5 nitrogen and oxygen atoms in total. The zero-order valence-electron chi connectivity index (χ0n) is 16.2. The molecule has 6 heteroatoms. The number of nitrogens with one attached hydrogen (secondary N) is 1. The van der Waals surface area contributed by atoms with Crippen LogP contribution >= 0.6 is 0 Å². The van der Waals surface area contributed by atoms with Crippen LogP contribution in [0.1, 0.15) is 21.5 Å². The number of carbonyl (C=O) groups is 1. The highest BCUT2D eigenvalue weighted by Crippen LogP contribution is 2.21. The van der Waals surface area contributed by atoms with Gasteiger partial charge in [0.05, 0.1) is 12.2 Å². The van der Waals surface area contributed by atoms with Crippen LogP contribution < -0.4 is 10.1 Å². The lowest BCUT2D eigenvalue weighted by atomic mass is 10.2. The summed E-state index contributed by atoms with van der Waals surface area (Å²) in [5.41, 5.74) is 2.34. The number of hydrogen-bond acceptors (Lipinski definition) is 3. The van der Waals surface area contributed by atoms with Crippen LogP contribution in [0.2, 0.25) is 0 Å². The third-order valence-electron chi connectivity index (χ3n) is 4.50. The van der Waals surface area contributed by atoms with Crippen molar-refractivity contribution in [3.05, 3.63) is 114 Å². The van der Waals surface area contributed by atoms with Gasteiger partial charge in [0, 0.05) is 6.20 Å². The quantitative estimate of drug-likeness (QED) is 0.479. The van der Waals surface area contributed by atoms with Gasteiger partial charge in [-0.05, 0) is 23.3 Å². The van der Waals surface area contributed by atoms with Gasteiger partial charge in [0.25, 0.3) is 5.91 Å². The molecule has 1 N–H and O–H groups in total. The van der Waals surface area contributed by atoms with Crippen molar-refractivity contribution in [1.29, 1.82) is 0 Å². The molecule has 1 heterocycles. The van der Waals surface area contributed by atoms with E-state index in [4.69, 9.17) is 4.74 Å². The van der Waals surface area contributed by atoms with E-state index in [2.05, 4.69) is 10.4 Å². The average molecular weight is 401 g/mol.